The highest BCUT2D eigenvalue weighted by Gasteiger charge is 2.55. The average Bonchev–Trinajstić information content (AvgIpc) is 2.99. The van der Waals surface area contributed by atoms with Gasteiger partial charge in [-0.1, -0.05) is 76.7 Å². The molecule has 1 heteroatoms. The second-order valence-corrected chi connectivity index (χ2v) is 12.4. The maximum absolute atomic E-state index is 10.6. The van der Waals surface area contributed by atoms with Crippen molar-refractivity contribution in [1.82, 2.24) is 0 Å². The van der Waals surface area contributed by atoms with Crippen LogP contribution in [0.5, 0.6) is 0 Å². The largest absolute Gasteiger partial charge is 0.386 e. The summed E-state index contributed by atoms with van der Waals surface area (Å²) in [6.07, 6.45) is 16.6. The van der Waals surface area contributed by atoms with Crippen LogP contribution < -0.4 is 0 Å². The molecule has 1 nitrogen and oxygen atoms in total. The number of allylic oxidation sites excluding steroid dienone is 3. The van der Waals surface area contributed by atoms with E-state index in [0.717, 1.165) is 36.5 Å². The molecule has 4 rings (SSSR count). The van der Waals surface area contributed by atoms with E-state index in [1.807, 2.05) is 12.5 Å². The Morgan fingerprint density at radius 2 is 1.72 bits per heavy atom. The summed E-state index contributed by atoms with van der Waals surface area (Å²) in [4.78, 5) is 0. The predicted octanol–water partition coefficient (Wildman–Crippen LogP) is 7.84. The standard InChI is InChI=1S/C28H46O/c1-19(2)8-7-9-20(3)23-12-13-24-22-11-10-21-18-26(4,29)16-17-27(21,5)25(22)14-15-28(23,24)6/h18-20,23-24,29H,7-17H2,1-6H3/t20-,23-,24?,26-,27+,28-/m1/s1. The molecule has 164 valence electrons. The van der Waals surface area contributed by atoms with E-state index in [9.17, 15) is 5.11 Å². The number of rotatable bonds is 5. The molecular formula is C28H46O. The Hall–Kier alpha value is -0.560. The second-order valence-electron chi connectivity index (χ2n) is 12.4. The molecule has 0 saturated heterocycles. The van der Waals surface area contributed by atoms with E-state index < -0.39 is 5.60 Å². The van der Waals surface area contributed by atoms with Gasteiger partial charge in [0.1, 0.15) is 0 Å². The minimum absolute atomic E-state index is 0.248. The summed E-state index contributed by atoms with van der Waals surface area (Å²) in [5, 5.41) is 10.6. The number of fused-ring (bicyclic) bond motifs is 4. The Bertz CT molecular complexity index is 695. The van der Waals surface area contributed by atoms with Crippen molar-refractivity contribution < 1.29 is 5.11 Å². The smallest absolute Gasteiger partial charge is 0.0803 e. The van der Waals surface area contributed by atoms with Crippen molar-refractivity contribution in [2.24, 2.45) is 34.5 Å². The fourth-order valence-electron chi connectivity index (χ4n) is 8.13. The zero-order chi connectivity index (χ0) is 21.0. The van der Waals surface area contributed by atoms with Crippen molar-refractivity contribution in [2.45, 2.75) is 118 Å². The first kappa shape index (κ1) is 21.7. The van der Waals surface area contributed by atoms with Gasteiger partial charge in [0.15, 0.2) is 0 Å². The number of hydrogen-bond acceptors (Lipinski definition) is 1. The molecule has 1 unspecified atom stereocenters. The molecule has 0 aliphatic heterocycles. The third kappa shape index (κ3) is 3.68. The van der Waals surface area contributed by atoms with Gasteiger partial charge in [0.25, 0.3) is 0 Å². The van der Waals surface area contributed by atoms with Crippen molar-refractivity contribution >= 4 is 0 Å². The molecule has 1 N–H and O–H groups in total. The normalized spacial score (nSPS) is 43.0. The Labute approximate surface area is 180 Å². The Morgan fingerprint density at radius 3 is 2.45 bits per heavy atom. The quantitative estimate of drug-likeness (QED) is 0.468. The number of aliphatic hydroxyl groups is 1. The summed E-state index contributed by atoms with van der Waals surface area (Å²) < 4.78 is 0. The summed E-state index contributed by atoms with van der Waals surface area (Å²) in [7, 11) is 0. The molecule has 0 amide bonds. The maximum atomic E-state index is 10.6. The van der Waals surface area contributed by atoms with Crippen molar-refractivity contribution in [1.29, 1.82) is 0 Å². The van der Waals surface area contributed by atoms with E-state index >= 15 is 0 Å². The number of hydrogen-bond donors (Lipinski definition) is 1. The van der Waals surface area contributed by atoms with Gasteiger partial charge < -0.3 is 5.11 Å². The van der Waals surface area contributed by atoms with Crippen molar-refractivity contribution in [3.63, 3.8) is 0 Å². The first-order valence-corrected chi connectivity index (χ1v) is 12.7. The summed E-state index contributed by atoms with van der Waals surface area (Å²) in [6.45, 7) is 14.5. The van der Waals surface area contributed by atoms with Crippen molar-refractivity contribution in [3.05, 3.63) is 22.8 Å². The van der Waals surface area contributed by atoms with Crippen molar-refractivity contribution in [3.8, 4) is 0 Å². The molecule has 0 aromatic heterocycles. The molecule has 1 fully saturated rings. The van der Waals surface area contributed by atoms with E-state index in [-0.39, 0.29) is 5.41 Å². The van der Waals surface area contributed by atoms with Gasteiger partial charge in [-0.25, -0.2) is 0 Å². The summed E-state index contributed by atoms with van der Waals surface area (Å²) in [5.74, 6) is 3.48. The third-order valence-electron chi connectivity index (χ3n) is 9.91. The highest BCUT2D eigenvalue weighted by atomic mass is 16.3. The van der Waals surface area contributed by atoms with Gasteiger partial charge in [-0.05, 0) is 87.4 Å². The van der Waals surface area contributed by atoms with Crippen LogP contribution in [-0.2, 0) is 0 Å². The molecule has 29 heavy (non-hydrogen) atoms. The van der Waals surface area contributed by atoms with Gasteiger partial charge in [-0.2, -0.15) is 0 Å². The molecule has 4 aliphatic rings. The average molecular weight is 399 g/mol. The minimum atomic E-state index is -0.583. The van der Waals surface area contributed by atoms with Crippen LogP contribution in [0, 0.1) is 34.5 Å². The molecule has 6 atom stereocenters. The van der Waals surface area contributed by atoms with Crippen LogP contribution in [0.2, 0.25) is 0 Å². The van der Waals surface area contributed by atoms with Gasteiger partial charge in [0.05, 0.1) is 5.60 Å². The predicted molar refractivity (Wildman–Crippen MR) is 124 cm³/mol. The summed E-state index contributed by atoms with van der Waals surface area (Å²) in [6, 6.07) is 0. The molecule has 4 aliphatic carbocycles. The monoisotopic (exact) mass is 398 g/mol. The van der Waals surface area contributed by atoms with Crippen LogP contribution in [0.4, 0.5) is 0 Å². The lowest BCUT2D eigenvalue weighted by Gasteiger charge is -2.53. The molecule has 0 aromatic rings. The van der Waals surface area contributed by atoms with Crippen LogP contribution in [0.25, 0.3) is 0 Å². The van der Waals surface area contributed by atoms with Gasteiger partial charge in [-0.3, -0.25) is 0 Å². The minimum Gasteiger partial charge on any atom is -0.386 e. The lowest BCUT2D eigenvalue weighted by Crippen LogP contribution is -2.43. The molecular weight excluding hydrogens is 352 g/mol. The van der Waals surface area contributed by atoms with Gasteiger partial charge >= 0.3 is 0 Å². The lowest BCUT2D eigenvalue weighted by molar-refractivity contribution is 0.0660. The molecule has 0 spiro atoms. The van der Waals surface area contributed by atoms with Gasteiger partial charge in [0, 0.05) is 5.41 Å². The van der Waals surface area contributed by atoms with E-state index in [0.29, 0.717) is 5.41 Å². The molecule has 0 heterocycles. The van der Waals surface area contributed by atoms with Crippen LogP contribution in [0.15, 0.2) is 22.8 Å². The molecule has 1 saturated carbocycles. The van der Waals surface area contributed by atoms with Crippen LogP contribution >= 0.6 is 0 Å². The van der Waals surface area contributed by atoms with Crippen molar-refractivity contribution in [2.75, 3.05) is 0 Å². The van der Waals surface area contributed by atoms with E-state index in [1.54, 1.807) is 11.1 Å². The highest BCUT2D eigenvalue weighted by molar-refractivity contribution is 5.43. The second kappa shape index (κ2) is 7.54. The SMILES string of the molecule is CC(C)CCC[C@@H](C)[C@H]1CCC2C3=C(CC[C@@]21C)[C@@]1(C)CC[C@@](C)(O)C=C1CC3. The zero-order valence-corrected chi connectivity index (χ0v) is 20.1. The third-order valence-corrected chi connectivity index (χ3v) is 9.91. The molecule has 0 aromatic carbocycles. The Balaban J connectivity index is 1.56. The van der Waals surface area contributed by atoms with Crippen LogP contribution in [0.1, 0.15) is 112 Å². The summed E-state index contributed by atoms with van der Waals surface area (Å²) in [5.41, 5.74) is 5.43. The Morgan fingerprint density at radius 1 is 0.966 bits per heavy atom. The topological polar surface area (TPSA) is 20.2 Å². The Kier molecular flexibility index (Phi) is 5.63. The molecule has 0 radical (unpaired) electrons. The lowest BCUT2D eigenvalue weighted by atomic mass is 9.52. The molecule has 0 bridgehead atoms. The van der Waals surface area contributed by atoms with E-state index in [4.69, 9.17) is 0 Å². The first-order chi connectivity index (χ1) is 13.6. The highest BCUT2D eigenvalue weighted by Crippen LogP contribution is 2.65. The fourth-order valence-corrected chi connectivity index (χ4v) is 8.13. The van der Waals surface area contributed by atoms with E-state index in [1.165, 1.54) is 57.8 Å². The van der Waals surface area contributed by atoms with Crippen LogP contribution in [0.3, 0.4) is 0 Å². The van der Waals surface area contributed by atoms with Gasteiger partial charge in [-0.15, -0.1) is 0 Å². The summed E-state index contributed by atoms with van der Waals surface area (Å²) >= 11 is 0. The fraction of sp³-hybridized carbons (Fsp3) is 0.857. The van der Waals surface area contributed by atoms with Gasteiger partial charge in [0.2, 0.25) is 0 Å². The zero-order valence-electron chi connectivity index (χ0n) is 20.1. The maximum Gasteiger partial charge on any atom is 0.0803 e. The van der Waals surface area contributed by atoms with Crippen LogP contribution in [-0.4, -0.2) is 10.7 Å². The van der Waals surface area contributed by atoms with E-state index in [2.05, 4.69) is 40.7 Å². The first-order valence-electron chi connectivity index (χ1n) is 12.7.